The van der Waals surface area contributed by atoms with E-state index in [4.69, 9.17) is 9.26 Å². The van der Waals surface area contributed by atoms with Gasteiger partial charge in [-0.2, -0.15) is 4.98 Å². The van der Waals surface area contributed by atoms with Gasteiger partial charge in [-0.3, -0.25) is 10.1 Å². The number of benzene rings is 1. The predicted octanol–water partition coefficient (Wildman–Crippen LogP) is 3.29. The molecule has 2 heterocycles. The van der Waals surface area contributed by atoms with Gasteiger partial charge in [-0.15, -0.1) is 10.2 Å². The van der Waals surface area contributed by atoms with Crippen LogP contribution < -0.4 is 10.1 Å². The molecule has 0 spiro atoms. The first-order valence-corrected chi connectivity index (χ1v) is 9.06. The number of hydrogen-bond acceptors (Lipinski definition) is 8. The predicted molar refractivity (Wildman–Crippen MR) is 97.2 cm³/mol. The molecule has 8 nitrogen and oxygen atoms in total. The van der Waals surface area contributed by atoms with Crippen LogP contribution in [-0.2, 0) is 11.2 Å². The average molecular weight is 373 g/mol. The van der Waals surface area contributed by atoms with Crippen LogP contribution >= 0.6 is 11.3 Å². The van der Waals surface area contributed by atoms with Gasteiger partial charge in [0.1, 0.15) is 10.8 Å². The van der Waals surface area contributed by atoms with E-state index >= 15 is 0 Å². The van der Waals surface area contributed by atoms with Crippen molar-refractivity contribution in [1.82, 2.24) is 20.3 Å². The van der Waals surface area contributed by atoms with Gasteiger partial charge in [0.15, 0.2) is 12.4 Å². The molecule has 0 unspecified atom stereocenters. The Balaban J connectivity index is 1.58. The smallest absolute Gasteiger partial charge is 0.264 e. The van der Waals surface area contributed by atoms with Gasteiger partial charge in [-0.1, -0.05) is 43.3 Å². The lowest BCUT2D eigenvalue weighted by Gasteiger charge is -2.06. The van der Waals surface area contributed by atoms with Crippen LogP contribution in [0.3, 0.4) is 0 Å². The molecule has 0 radical (unpaired) electrons. The molecule has 0 saturated heterocycles. The highest BCUT2D eigenvalue weighted by Crippen LogP contribution is 2.24. The van der Waals surface area contributed by atoms with Crippen LogP contribution in [0, 0.1) is 0 Å². The van der Waals surface area contributed by atoms with Crippen LogP contribution in [0.1, 0.15) is 37.5 Å². The van der Waals surface area contributed by atoms with Crippen LogP contribution in [0.2, 0.25) is 0 Å². The van der Waals surface area contributed by atoms with Crippen LogP contribution in [-0.4, -0.2) is 32.9 Å². The first kappa shape index (κ1) is 18.0. The summed E-state index contributed by atoms with van der Waals surface area (Å²) in [4.78, 5) is 16.3. The summed E-state index contributed by atoms with van der Waals surface area (Å²) in [7, 11) is 0. The minimum Gasteiger partial charge on any atom is -0.484 e. The fourth-order valence-corrected chi connectivity index (χ4v) is 2.82. The summed E-state index contributed by atoms with van der Waals surface area (Å²) < 4.78 is 10.8. The maximum Gasteiger partial charge on any atom is 0.264 e. The second-order valence-corrected chi connectivity index (χ2v) is 6.84. The highest BCUT2D eigenvalue weighted by Gasteiger charge is 2.12. The van der Waals surface area contributed by atoms with E-state index in [1.54, 1.807) is 18.2 Å². The molecule has 0 bridgehead atoms. The van der Waals surface area contributed by atoms with Crippen molar-refractivity contribution in [1.29, 1.82) is 0 Å². The summed E-state index contributed by atoms with van der Waals surface area (Å²) in [5.74, 6) is 1.58. The fourth-order valence-electron chi connectivity index (χ4n) is 2.06. The van der Waals surface area contributed by atoms with E-state index in [1.165, 1.54) is 11.3 Å². The highest BCUT2D eigenvalue weighted by atomic mass is 32.1. The first-order valence-electron chi connectivity index (χ1n) is 8.24. The van der Waals surface area contributed by atoms with Crippen LogP contribution in [0.25, 0.3) is 11.5 Å². The molecular weight excluding hydrogens is 354 g/mol. The van der Waals surface area contributed by atoms with Crippen molar-refractivity contribution in [2.24, 2.45) is 0 Å². The van der Waals surface area contributed by atoms with Crippen molar-refractivity contribution in [3.63, 3.8) is 0 Å². The molecule has 1 aromatic carbocycles. The van der Waals surface area contributed by atoms with Gasteiger partial charge in [0.2, 0.25) is 5.13 Å². The number of amides is 1. The molecular formula is C17H19N5O3S. The quantitative estimate of drug-likeness (QED) is 0.678. The Morgan fingerprint density at radius 2 is 2.19 bits per heavy atom. The van der Waals surface area contributed by atoms with E-state index in [0.29, 0.717) is 29.0 Å². The molecule has 3 rings (SSSR count). The molecule has 136 valence electrons. The lowest BCUT2D eigenvalue weighted by atomic mass is 10.2. The lowest BCUT2D eigenvalue weighted by Crippen LogP contribution is -2.20. The number of anilines is 1. The van der Waals surface area contributed by atoms with Gasteiger partial charge in [0.25, 0.3) is 11.8 Å². The maximum atomic E-state index is 12.0. The zero-order chi connectivity index (χ0) is 18.5. The molecule has 0 atom stereocenters. The van der Waals surface area contributed by atoms with E-state index in [-0.39, 0.29) is 18.4 Å². The fraction of sp³-hybridized carbons (Fsp3) is 0.353. The second-order valence-electron chi connectivity index (χ2n) is 5.83. The zero-order valence-corrected chi connectivity index (χ0v) is 15.5. The van der Waals surface area contributed by atoms with E-state index in [2.05, 4.69) is 25.7 Å². The largest absolute Gasteiger partial charge is 0.484 e. The second kappa shape index (κ2) is 8.05. The summed E-state index contributed by atoms with van der Waals surface area (Å²) in [6.45, 7) is 5.86. The Morgan fingerprint density at radius 1 is 1.35 bits per heavy atom. The van der Waals surface area contributed by atoms with Crippen LogP contribution in [0.15, 0.2) is 28.8 Å². The standard InChI is InChI=1S/C17H19N5O3S/c1-4-13-18-15(25-22-13)11-6-5-7-12(8-11)24-9-14(23)19-17-21-20-16(26-17)10(2)3/h5-8,10H,4,9H2,1-3H3,(H,19,21,23). The lowest BCUT2D eigenvalue weighted by molar-refractivity contribution is -0.118. The first-order chi connectivity index (χ1) is 12.5. The molecule has 0 fully saturated rings. The third kappa shape index (κ3) is 4.42. The summed E-state index contributed by atoms with van der Waals surface area (Å²) in [6.07, 6.45) is 0.698. The third-order valence-corrected chi connectivity index (χ3v) is 4.56. The van der Waals surface area contributed by atoms with Crippen molar-refractivity contribution in [2.45, 2.75) is 33.1 Å². The molecule has 0 aliphatic rings. The van der Waals surface area contributed by atoms with Crippen molar-refractivity contribution in [2.75, 3.05) is 11.9 Å². The van der Waals surface area contributed by atoms with Crippen molar-refractivity contribution in [3.05, 3.63) is 35.1 Å². The number of carbonyl (C=O) groups excluding carboxylic acids is 1. The molecule has 3 aromatic rings. The van der Waals surface area contributed by atoms with Crippen molar-refractivity contribution in [3.8, 4) is 17.2 Å². The normalized spacial score (nSPS) is 10.9. The molecule has 1 N–H and O–H groups in total. The van der Waals surface area contributed by atoms with E-state index in [0.717, 1.165) is 10.6 Å². The Kier molecular flexibility index (Phi) is 5.57. The average Bonchev–Trinajstić information content (AvgIpc) is 3.29. The molecule has 2 aromatic heterocycles. The minimum atomic E-state index is -0.298. The monoisotopic (exact) mass is 373 g/mol. The van der Waals surface area contributed by atoms with Gasteiger partial charge < -0.3 is 9.26 Å². The van der Waals surface area contributed by atoms with Gasteiger partial charge in [-0.25, -0.2) is 0 Å². The number of hydrogen-bond donors (Lipinski definition) is 1. The number of ether oxygens (including phenoxy) is 1. The van der Waals surface area contributed by atoms with Crippen LogP contribution in [0.4, 0.5) is 5.13 Å². The summed E-state index contributed by atoms with van der Waals surface area (Å²) in [5.41, 5.74) is 0.737. The topological polar surface area (TPSA) is 103 Å². The van der Waals surface area contributed by atoms with Crippen molar-refractivity contribution < 1.29 is 14.1 Å². The maximum absolute atomic E-state index is 12.0. The highest BCUT2D eigenvalue weighted by molar-refractivity contribution is 7.15. The van der Waals surface area contributed by atoms with E-state index < -0.39 is 0 Å². The van der Waals surface area contributed by atoms with Crippen LogP contribution in [0.5, 0.6) is 5.75 Å². The Hall–Kier alpha value is -2.81. The molecule has 26 heavy (non-hydrogen) atoms. The van der Waals surface area contributed by atoms with Gasteiger partial charge in [0.05, 0.1) is 0 Å². The summed E-state index contributed by atoms with van der Waals surface area (Å²) in [5, 5.41) is 15.9. The number of aromatic nitrogens is 4. The number of rotatable bonds is 7. The number of nitrogens with zero attached hydrogens (tertiary/aromatic N) is 4. The van der Waals surface area contributed by atoms with Gasteiger partial charge in [-0.05, 0) is 18.2 Å². The molecule has 0 aliphatic carbocycles. The Morgan fingerprint density at radius 3 is 2.88 bits per heavy atom. The summed E-state index contributed by atoms with van der Waals surface area (Å²) >= 11 is 1.36. The zero-order valence-electron chi connectivity index (χ0n) is 14.7. The van der Waals surface area contributed by atoms with Gasteiger partial charge in [0, 0.05) is 17.9 Å². The van der Waals surface area contributed by atoms with Gasteiger partial charge >= 0.3 is 0 Å². The number of aryl methyl sites for hydroxylation is 1. The molecule has 9 heteroatoms. The number of nitrogens with one attached hydrogen (secondary N) is 1. The molecule has 0 aliphatic heterocycles. The van der Waals surface area contributed by atoms with E-state index in [9.17, 15) is 4.79 Å². The summed E-state index contributed by atoms with van der Waals surface area (Å²) in [6, 6.07) is 7.16. The van der Waals surface area contributed by atoms with Crippen molar-refractivity contribution >= 4 is 22.4 Å². The number of carbonyl (C=O) groups is 1. The third-order valence-electron chi connectivity index (χ3n) is 3.42. The van der Waals surface area contributed by atoms with E-state index in [1.807, 2.05) is 26.8 Å². The minimum absolute atomic E-state index is 0.135. The Bertz CT molecular complexity index is 890. The SMILES string of the molecule is CCc1noc(-c2cccc(OCC(=O)Nc3nnc(C(C)C)s3)c2)n1. The molecule has 0 saturated carbocycles. The Labute approximate surface area is 154 Å². The molecule has 1 amide bonds.